The van der Waals surface area contributed by atoms with Gasteiger partial charge in [0.15, 0.2) is 0 Å². The van der Waals surface area contributed by atoms with E-state index in [1.165, 1.54) is 6.92 Å². The Morgan fingerprint density at radius 3 is 2.53 bits per heavy atom. The molecule has 32 heavy (non-hydrogen) atoms. The first kappa shape index (κ1) is 24.8. The number of fused-ring (bicyclic) bond motifs is 1. The molecule has 2 rings (SSSR count). The van der Waals surface area contributed by atoms with Gasteiger partial charge in [-0.2, -0.15) is 13.2 Å². The summed E-state index contributed by atoms with van der Waals surface area (Å²) in [7, 11) is 0. The van der Waals surface area contributed by atoms with Crippen molar-refractivity contribution >= 4 is 18.2 Å². The maximum atomic E-state index is 13.5. The fourth-order valence-corrected chi connectivity index (χ4v) is 2.85. The smallest absolute Gasteiger partial charge is 0.475 e. The topological polar surface area (TPSA) is 123 Å². The molecule has 0 bridgehead atoms. The molecule has 0 amide bonds. The van der Waals surface area contributed by atoms with Gasteiger partial charge in [-0.3, -0.25) is 0 Å². The fourth-order valence-electron chi connectivity index (χ4n) is 2.85. The van der Waals surface area contributed by atoms with E-state index in [9.17, 15) is 32.9 Å². The van der Waals surface area contributed by atoms with Gasteiger partial charge >= 0.3 is 18.3 Å². The second-order valence-electron chi connectivity index (χ2n) is 6.86. The van der Waals surface area contributed by atoms with Crippen LogP contribution in [0.4, 0.5) is 18.0 Å². The van der Waals surface area contributed by atoms with Crippen molar-refractivity contribution in [2.45, 2.75) is 45.6 Å². The van der Waals surface area contributed by atoms with Gasteiger partial charge in [-0.05, 0) is 38.5 Å². The van der Waals surface area contributed by atoms with Crippen LogP contribution in [0.1, 0.15) is 30.0 Å². The second kappa shape index (κ2) is 10.2. The van der Waals surface area contributed by atoms with Gasteiger partial charge in [0.2, 0.25) is 12.9 Å². The average molecular weight is 463 g/mol. The predicted octanol–water partition coefficient (Wildman–Crippen LogP) is 3.65. The SMILES string of the molecule is Cc1cc(C)c2c(c1)C=C(C(=O)OCOC(=O)OCC[C@H](C)O[N+](=O)[O-])[C@@H](C(F)(F)F)O2. The highest BCUT2D eigenvalue weighted by Gasteiger charge is 2.49. The number of nitrogens with zero attached hydrogens (tertiary/aromatic N) is 1. The Morgan fingerprint density at radius 2 is 1.91 bits per heavy atom. The molecule has 10 nitrogen and oxygen atoms in total. The van der Waals surface area contributed by atoms with Crippen molar-refractivity contribution in [3.63, 3.8) is 0 Å². The summed E-state index contributed by atoms with van der Waals surface area (Å²) >= 11 is 0. The number of halogens is 3. The summed E-state index contributed by atoms with van der Waals surface area (Å²) in [5.41, 5.74) is 0.698. The summed E-state index contributed by atoms with van der Waals surface area (Å²) in [5.74, 6) is -1.39. The molecule has 1 aromatic rings. The van der Waals surface area contributed by atoms with E-state index in [0.29, 0.717) is 5.56 Å². The van der Waals surface area contributed by atoms with Crippen molar-refractivity contribution < 1.29 is 51.6 Å². The minimum Gasteiger partial charge on any atom is -0.475 e. The predicted molar refractivity (Wildman–Crippen MR) is 99.9 cm³/mol. The first-order valence-corrected chi connectivity index (χ1v) is 9.22. The second-order valence-corrected chi connectivity index (χ2v) is 6.86. The van der Waals surface area contributed by atoms with Gasteiger partial charge in [0.25, 0.3) is 5.09 Å². The molecule has 0 aliphatic carbocycles. The molecule has 0 saturated carbocycles. The lowest BCUT2D eigenvalue weighted by atomic mass is 9.97. The molecule has 1 heterocycles. The summed E-state index contributed by atoms with van der Waals surface area (Å²) in [6.07, 6.45) is -8.59. The molecule has 0 N–H and O–H groups in total. The van der Waals surface area contributed by atoms with Gasteiger partial charge in [-0.25, -0.2) is 9.59 Å². The highest BCUT2D eigenvalue weighted by molar-refractivity contribution is 5.96. The van der Waals surface area contributed by atoms with E-state index in [1.54, 1.807) is 26.0 Å². The standard InChI is InChI=1S/C19H20F3NO9/c1-10-6-11(2)15-13(7-10)8-14(16(31-15)19(20,21)22)17(24)29-9-30-18(25)28-5-4-12(3)32-23(26)27/h6-8,12,16H,4-5,9H2,1-3H3/t12-,16-/m0/s1. The first-order chi connectivity index (χ1) is 14.9. The Hall–Kier alpha value is -3.51. The first-order valence-electron chi connectivity index (χ1n) is 9.22. The third kappa shape index (κ3) is 6.75. The van der Waals surface area contributed by atoms with Gasteiger partial charge < -0.3 is 23.8 Å². The Bertz CT molecular complexity index is 914. The lowest BCUT2D eigenvalue weighted by Crippen LogP contribution is -2.41. The van der Waals surface area contributed by atoms with Crippen LogP contribution in [0.2, 0.25) is 0 Å². The third-order valence-corrected chi connectivity index (χ3v) is 4.19. The molecule has 0 fully saturated rings. The quantitative estimate of drug-likeness (QED) is 0.246. The molecule has 0 aromatic heterocycles. The molecule has 1 aliphatic heterocycles. The molecule has 0 unspecified atom stereocenters. The van der Waals surface area contributed by atoms with Gasteiger partial charge in [-0.15, -0.1) is 10.1 Å². The molecule has 0 saturated heterocycles. The summed E-state index contributed by atoms with van der Waals surface area (Å²) in [5, 5.41) is 9.15. The number of hydrogen-bond donors (Lipinski definition) is 0. The highest BCUT2D eigenvalue weighted by Crippen LogP contribution is 2.39. The minimum atomic E-state index is -4.90. The van der Waals surface area contributed by atoms with Crippen LogP contribution in [-0.4, -0.2) is 49.0 Å². The fraction of sp³-hybridized carbons (Fsp3) is 0.474. The average Bonchev–Trinajstić information content (AvgIpc) is 2.65. The van der Waals surface area contributed by atoms with Gasteiger partial charge in [0.1, 0.15) is 11.9 Å². The minimum absolute atomic E-state index is 0.00425. The van der Waals surface area contributed by atoms with Crippen LogP contribution < -0.4 is 4.74 Å². The number of carbonyl (C=O) groups is 2. The number of hydrogen-bond acceptors (Lipinski definition) is 9. The van der Waals surface area contributed by atoms with Gasteiger partial charge in [0.05, 0.1) is 12.2 Å². The molecular weight excluding hydrogens is 443 g/mol. The maximum Gasteiger partial charge on any atom is 0.511 e. The van der Waals surface area contributed by atoms with Crippen LogP contribution in [0.15, 0.2) is 17.7 Å². The van der Waals surface area contributed by atoms with Crippen molar-refractivity contribution in [2.75, 3.05) is 13.4 Å². The summed E-state index contributed by atoms with van der Waals surface area (Å²) in [6, 6.07) is 3.20. The van der Waals surface area contributed by atoms with Crippen molar-refractivity contribution in [3.8, 4) is 5.75 Å². The molecule has 0 radical (unpaired) electrons. The molecule has 176 valence electrons. The number of carbonyl (C=O) groups excluding carboxylic acids is 2. The number of aryl methyl sites for hydroxylation is 2. The lowest BCUT2D eigenvalue weighted by molar-refractivity contribution is -0.767. The zero-order valence-electron chi connectivity index (χ0n) is 17.3. The third-order valence-electron chi connectivity index (χ3n) is 4.19. The number of benzene rings is 1. The van der Waals surface area contributed by atoms with Crippen molar-refractivity contribution in [1.82, 2.24) is 0 Å². The lowest BCUT2D eigenvalue weighted by Gasteiger charge is -2.29. The monoisotopic (exact) mass is 463 g/mol. The van der Waals surface area contributed by atoms with Crippen LogP contribution in [0, 0.1) is 24.0 Å². The maximum absolute atomic E-state index is 13.5. The molecule has 1 aromatic carbocycles. The molecular formula is C19H20F3NO9. The van der Waals surface area contributed by atoms with E-state index in [1.807, 2.05) is 0 Å². The van der Waals surface area contributed by atoms with E-state index in [4.69, 9.17) is 4.74 Å². The summed E-state index contributed by atoms with van der Waals surface area (Å²) < 4.78 is 59.1. The largest absolute Gasteiger partial charge is 0.511 e. The van der Waals surface area contributed by atoms with Gasteiger partial charge in [-0.1, -0.05) is 11.6 Å². The van der Waals surface area contributed by atoms with Crippen molar-refractivity contribution in [3.05, 3.63) is 44.5 Å². The van der Waals surface area contributed by atoms with Crippen LogP contribution in [-0.2, 0) is 23.8 Å². The van der Waals surface area contributed by atoms with Crippen LogP contribution in [0.25, 0.3) is 6.08 Å². The normalized spacial score (nSPS) is 16.1. The molecule has 1 aliphatic rings. The Balaban J connectivity index is 1.96. The van der Waals surface area contributed by atoms with Gasteiger partial charge in [0, 0.05) is 12.0 Å². The van der Waals surface area contributed by atoms with E-state index in [0.717, 1.165) is 11.6 Å². The number of ether oxygens (including phenoxy) is 4. The number of esters is 1. The molecule has 13 heteroatoms. The van der Waals surface area contributed by atoms with Crippen LogP contribution in [0.3, 0.4) is 0 Å². The zero-order chi connectivity index (χ0) is 24.1. The van der Waals surface area contributed by atoms with Crippen molar-refractivity contribution in [2.24, 2.45) is 0 Å². The summed E-state index contributed by atoms with van der Waals surface area (Å²) in [6.45, 7) is 3.38. The zero-order valence-corrected chi connectivity index (χ0v) is 17.3. The van der Waals surface area contributed by atoms with Crippen molar-refractivity contribution in [1.29, 1.82) is 0 Å². The Morgan fingerprint density at radius 1 is 1.22 bits per heavy atom. The van der Waals surface area contributed by atoms with E-state index < -0.39 is 48.0 Å². The Labute approximate surface area is 179 Å². The molecule has 0 spiro atoms. The van der Waals surface area contributed by atoms with E-state index >= 15 is 0 Å². The van der Waals surface area contributed by atoms with Crippen LogP contribution >= 0.6 is 0 Å². The number of rotatable bonds is 8. The van der Waals surface area contributed by atoms with E-state index in [-0.39, 0.29) is 24.3 Å². The van der Waals surface area contributed by atoms with E-state index in [2.05, 4.69) is 19.0 Å². The Kier molecular flexibility index (Phi) is 7.89. The number of alkyl halides is 3. The molecule has 2 atom stereocenters. The summed E-state index contributed by atoms with van der Waals surface area (Å²) in [4.78, 5) is 38.0. The van der Waals surface area contributed by atoms with Crippen LogP contribution in [0.5, 0.6) is 5.75 Å². The highest BCUT2D eigenvalue weighted by atomic mass is 19.4.